The number of thiazole rings is 1. The predicted octanol–water partition coefficient (Wildman–Crippen LogP) is 14.1. The second-order valence-electron chi connectivity index (χ2n) is 13.1. The zero-order valence-corrected chi connectivity index (χ0v) is 28.6. The van der Waals surface area contributed by atoms with Gasteiger partial charge in [0, 0.05) is 33.1 Å². The molecule has 4 nitrogen and oxygen atoms in total. The molecule has 0 saturated carbocycles. The van der Waals surface area contributed by atoms with Crippen LogP contribution in [0.3, 0.4) is 0 Å². The van der Waals surface area contributed by atoms with Crippen LogP contribution in [0.5, 0.6) is 0 Å². The van der Waals surface area contributed by atoms with Crippen molar-refractivity contribution in [2.75, 3.05) is 4.90 Å². The zero-order valence-electron chi connectivity index (χ0n) is 27.8. The second-order valence-corrected chi connectivity index (χ2v) is 14.1. The van der Waals surface area contributed by atoms with E-state index >= 15 is 0 Å². The molecule has 0 spiro atoms. The van der Waals surface area contributed by atoms with E-state index in [1.165, 1.54) is 21.9 Å². The van der Waals surface area contributed by atoms with Crippen molar-refractivity contribution in [2.45, 2.75) is 0 Å². The first kappa shape index (κ1) is 29.1. The summed E-state index contributed by atoms with van der Waals surface area (Å²) < 4.78 is 14.0. The van der Waals surface area contributed by atoms with E-state index in [2.05, 4.69) is 150 Å². The predicted molar refractivity (Wildman–Crippen MR) is 217 cm³/mol. The number of aromatic nitrogens is 1. The lowest BCUT2D eigenvalue weighted by molar-refractivity contribution is 0.668. The second kappa shape index (κ2) is 11.4. The van der Waals surface area contributed by atoms with Crippen LogP contribution in [-0.4, -0.2) is 4.98 Å². The third kappa shape index (κ3) is 4.50. The van der Waals surface area contributed by atoms with Crippen LogP contribution in [-0.2, 0) is 0 Å². The van der Waals surface area contributed by atoms with Crippen LogP contribution in [0.1, 0.15) is 0 Å². The molecular weight excluding hydrogens is 657 g/mol. The molecule has 0 unspecified atom stereocenters. The number of para-hydroxylation sites is 1. The Balaban J connectivity index is 1.14. The van der Waals surface area contributed by atoms with Gasteiger partial charge in [0.05, 0.1) is 21.3 Å². The maximum atomic E-state index is 6.48. The molecule has 5 heteroatoms. The van der Waals surface area contributed by atoms with Gasteiger partial charge < -0.3 is 13.7 Å². The van der Waals surface area contributed by atoms with Crippen LogP contribution in [0.15, 0.2) is 179 Å². The fraction of sp³-hybridized carbons (Fsp3) is 0. The largest absolute Gasteiger partial charge is 0.456 e. The van der Waals surface area contributed by atoms with Gasteiger partial charge in [0.1, 0.15) is 27.3 Å². The summed E-state index contributed by atoms with van der Waals surface area (Å²) in [5.41, 5.74) is 11.0. The summed E-state index contributed by atoms with van der Waals surface area (Å²) >= 11 is 1.71. The van der Waals surface area contributed by atoms with Crippen LogP contribution in [0.4, 0.5) is 17.1 Å². The number of anilines is 3. The van der Waals surface area contributed by atoms with Gasteiger partial charge in [-0.15, -0.1) is 11.3 Å². The quantitative estimate of drug-likeness (QED) is 0.181. The molecule has 0 radical (unpaired) electrons. The van der Waals surface area contributed by atoms with Gasteiger partial charge in [0.2, 0.25) is 0 Å². The summed E-state index contributed by atoms with van der Waals surface area (Å²) in [5.74, 6) is 0. The summed E-state index contributed by atoms with van der Waals surface area (Å²) in [4.78, 5) is 7.38. The lowest BCUT2D eigenvalue weighted by atomic mass is 9.98. The lowest BCUT2D eigenvalue weighted by Crippen LogP contribution is -2.10. The van der Waals surface area contributed by atoms with Crippen molar-refractivity contribution in [3.8, 4) is 21.7 Å². The van der Waals surface area contributed by atoms with Crippen LogP contribution in [0.2, 0.25) is 0 Å². The van der Waals surface area contributed by atoms with Gasteiger partial charge >= 0.3 is 0 Å². The summed E-state index contributed by atoms with van der Waals surface area (Å²) in [6.07, 6.45) is 0. The number of rotatable bonds is 5. The molecule has 11 aromatic rings. The van der Waals surface area contributed by atoms with Crippen molar-refractivity contribution in [1.29, 1.82) is 0 Å². The van der Waals surface area contributed by atoms with E-state index < -0.39 is 0 Å². The number of hydrogen-bond donors (Lipinski definition) is 0. The minimum Gasteiger partial charge on any atom is -0.456 e. The topological polar surface area (TPSA) is 42.4 Å². The fourth-order valence-corrected chi connectivity index (χ4v) is 8.84. The third-order valence-corrected chi connectivity index (χ3v) is 11.2. The Labute approximate surface area is 302 Å². The molecule has 3 heterocycles. The summed E-state index contributed by atoms with van der Waals surface area (Å²) in [5, 5.41) is 7.78. The van der Waals surface area contributed by atoms with Gasteiger partial charge in [-0.25, -0.2) is 4.98 Å². The molecule has 0 bridgehead atoms. The Kier molecular flexibility index (Phi) is 6.39. The first-order valence-electron chi connectivity index (χ1n) is 17.4. The molecule has 0 fully saturated rings. The minimum absolute atomic E-state index is 0.846. The van der Waals surface area contributed by atoms with Crippen molar-refractivity contribution in [3.05, 3.63) is 170 Å². The van der Waals surface area contributed by atoms with E-state index in [-0.39, 0.29) is 0 Å². The van der Waals surface area contributed by atoms with Gasteiger partial charge in [-0.05, 0) is 82.6 Å². The molecule has 0 aliphatic carbocycles. The van der Waals surface area contributed by atoms with Crippen molar-refractivity contribution in [1.82, 2.24) is 4.98 Å². The standard InChI is InChI=1S/C47H28N2O2S/c1-2-11-31(12-3-1)47-48-38-25-27-43-45(46(38)52-47)37-28-33(24-26-41(37)51-43)49(39-17-9-19-42-44(39)36-15-6-7-18-40(36)50-42)32-22-20-30(21-23-32)35-16-8-13-29-10-4-5-14-34(29)35/h1-28H. The molecule has 0 aliphatic heterocycles. The average Bonchev–Trinajstić information content (AvgIpc) is 3.92. The third-order valence-electron chi connectivity index (χ3n) is 10.1. The molecule has 52 heavy (non-hydrogen) atoms. The highest BCUT2D eigenvalue weighted by atomic mass is 32.1. The van der Waals surface area contributed by atoms with E-state index in [0.29, 0.717) is 0 Å². The SMILES string of the molecule is c1ccc(-c2nc3ccc4oc5ccc(N(c6ccc(-c7cccc8ccccc78)cc6)c6cccc7oc8ccccc8c67)cc5c4c3s2)cc1. The maximum absolute atomic E-state index is 6.48. The molecule has 8 aromatic carbocycles. The van der Waals surface area contributed by atoms with Crippen LogP contribution < -0.4 is 4.90 Å². The monoisotopic (exact) mass is 684 g/mol. The van der Waals surface area contributed by atoms with Gasteiger partial charge in [-0.2, -0.15) is 0 Å². The van der Waals surface area contributed by atoms with Crippen molar-refractivity contribution < 1.29 is 8.83 Å². The Bertz CT molecular complexity index is 3130. The van der Waals surface area contributed by atoms with E-state index in [0.717, 1.165) is 81.7 Å². The van der Waals surface area contributed by atoms with E-state index in [9.17, 15) is 0 Å². The van der Waals surface area contributed by atoms with Gasteiger partial charge in [0.25, 0.3) is 0 Å². The smallest absolute Gasteiger partial charge is 0.137 e. The van der Waals surface area contributed by atoms with Crippen LogP contribution in [0, 0.1) is 0 Å². The Hall–Kier alpha value is -6.69. The number of furan rings is 2. The van der Waals surface area contributed by atoms with Gasteiger partial charge in [-0.1, -0.05) is 109 Å². The van der Waals surface area contributed by atoms with Gasteiger partial charge in [-0.3, -0.25) is 0 Å². The van der Waals surface area contributed by atoms with E-state index in [1.807, 2.05) is 24.3 Å². The van der Waals surface area contributed by atoms with E-state index in [4.69, 9.17) is 13.8 Å². The highest BCUT2D eigenvalue weighted by Gasteiger charge is 2.22. The molecule has 11 rings (SSSR count). The normalized spacial score (nSPS) is 11.8. The molecule has 0 N–H and O–H groups in total. The molecular formula is C47H28N2O2S. The summed E-state index contributed by atoms with van der Waals surface area (Å²) in [6, 6.07) is 59.6. The molecule has 0 aliphatic rings. The van der Waals surface area contributed by atoms with E-state index in [1.54, 1.807) is 11.3 Å². The number of benzene rings is 8. The average molecular weight is 685 g/mol. The summed E-state index contributed by atoms with van der Waals surface area (Å²) in [6.45, 7) is 0. The van der Waals surface area contributed by atoms with Crippen molar-refractivity contribution in [3.63, 3.8) is 0 Å². The Morgan fingerprint density at radius 3 is 2.02 bits per heavy atom. The maximum Gasteiger partial charge on any atom is 0.137 e. The Morgan fingerprint density at radius 1 is 0.462 bits per heavy atom. The number of fused-ring (bicyclic) bond motifs is 9. The van der Waals surface area contributed by atoms with Crippen LogP contribution >= 0.6 is 11.3 Å². The molecule has 244 valence electrons. The molecule has 3 aromatic heterocycles. The molecule has 0 atom stereocenters. The first-order valence-corrected chi connectivity index (χ1v) is 18.2. The Morgan fingerprint density at radius 2 is 1.13 bits per heavy atom. The highest BCUT2D eigenvalue weighted by molar-refractivity contribution is 7.22. The number of hydrogen-bond acceptors (Lipinski definition) is 5. The summed E-state index contributed by atoms with van der Waals surface area (Å²) in [7, 11) is 0. The fourth-order valence-electron chi connectivity index (χ4n) is 7.71. The van der Waals surface area contributed by atoms with Crippen LogP contribution in [0.25, 0.3) is 86.6 Å². The minimum atomic E-state index is 0.846. The molecule has 0 amide bonds. The van der Waals surface area contributed by atoms with Gasteiger partial charge in [0.15, 0.2) is 0 Å². The zero-order chi connectivity index (χ0) is 34.2. The van der Waals surface area contributed by atoms with Crippen molar-refractivity contribution >= 4 is 93.3 Å². The number of nitrogens with zero attached hydrogens (tertiary/aromatic N) is 2. The lowest BCUT2D eigenvalue weighted by Gasteiger charge is -2.26. The molecule has 0 saturated heterocycles. The highest BCUT2D eigenvalue weighted by Crippen LogP contribution is 2.46. The first-order chi connectivity index (χ1) is 25.8. The van der Waals surface area contributed by atoms with Crippen molar-refractivity contribution in [2.24, 2.45) is 0 Å².